The van der Waals surface area contributed by atoms with Crippen molar-refractivity contribution in [1.29, 1.82) is 0 Å². The monoisotopic (exact) mass is 429 g/mol. The standard InChI is InChI=1S/C14H18F3N3O5S2/c1-13(2,3)24-12(21)20-6-5-8-9(7-20)18-11(26-4)19-10(8)25-27(22,23)14(15,16)17/h5-7H2,1-4H3. The Labute approximate surface area is 158 Å². The molecule has 13 heteroatoms. The van der Waals surface area contributed by atoms with E-state index in [1.807, 2.05) is 0 Å². The van der Waals surface area contributed by atoms with E-state index in [2.05, 4.69) is 14.2 Å². The second-order valence-electron chi connectivity index (χ2n) is 6.58. The molecule has 0 N–H and O–H groups in total. The third-order valence-corrected chi connectivity index (χ3v) is 4.80. The highest BCUT2D eigenvalue weighted by Gasteiger charge is 2.49. The second-order valence-corrected chi connectivity index (χ2v) is 8.89. The number of hydrogen-bond donors (Lipinski definition) is 0. The van der Waals surface area contributed by atoms with Gasteiger partial charge in [-0.1, -0.05) is 11.8 Å². The molecule has 0 aliphatic carbocycles. The van der Waals surface area contributed by atoms with Gasteiger partial charge in [0.05, 0.1) is 12.2 Å². The lowest BCUT2D eigenvalue weighted by atomic mass is 10.1. The van der Waals surface area contributed by atoms with Crippen LogP contribution in [0.3, 0.4) is 0 Å². The molecule has 0 unspecified atom stereocenters. The zero-order valence-electron chi connectivity index (χ0n) is 15.0. The topological polar surface area (TPSA) is 98.7 Å². The Morgan fingerprint density at radius 1 is 1.22 bits per heavy atom. The summed E-state index contributed by atoms with van der Waals surface area (Å²) in [5, 5.41) is 0.0205. The number of nitrogens with zero attached hydrogens (tertiary/aromatic N) is 3. The Kier molecular flexibility index (Phi) is 5.85. The van der Waals surface area contributed by atoms with Crippen molar-refractivity contribution in [1.82, 2.24) is 14.9 Å². The van der Waals surface area contributed by atoms with E-state index in [9.17, 15) is 26.4 Å². The summed E-state index contributed by atoms with van der Waals surface area (Å²) in [7, 11) is -5.87. The Balaban J connectivity index is 2.35. The minimum absolute atomic E-state index is 0.0198. The minimum atomic E-state index is -5.87. The molecule has 8 nitrogen and oxygen atoms in total. The summed E-state index contributed by atoms with van der Waals surface area (Å²) in [5.41, 5.74) is -5.98. The van der Waals surface area contributed by atoms with Crippen LogP contribution in [0.4, 0.5) is 18.0 Å². The predicted octanol–water partition coefficient (Wildman–Crippen LogP) is 2.72. The van der Waals surface area contributed by atoms with Crippen LogP contribution >= 0.6 is 11.8 Å². The smallest absolute Gasteiger partial charge is 0.444 e. The summed E-state index contributed by atoms with van der Waals surface area (Å²) in [6.45, 7) is 5.12. The van der Waals surface area contributed by atoms with Crippen LogP contribution in [0.5, 0.6) is 5.88 Å². The lowest BCUT2D eigenvalue weighted by molar-refractivity contribution is -0.0502. The lowest BCUT2D eigenvalue weighted by Gasteiger charge is -2.31. The highest BCUT2D eigenvalue weighted by Crippen LogP contribution is 2.32. The van der Waals surface area contributed by atoms with Crippen LogP contribution in [0, 0.1) is 0 Å². The lowest BCUT2D eigenvalue weighted by Crippen LogP contribution is -2.40. The van der Waals surface area contributed by atoms with Crippen molar-refractivity contribution in [2.45, 2.75) is 50.0 Å². The molecule has 152 valence electrons. The summed E-state index contributed by atoms with van der Waals surface area (Å²) >= 11 is 0.996. The zero-order chi connectivity index (χ0) is 20.6. The van der Waals surface area contributed by atoms with Crippen molar-refractivity contribution in [2.24, 2.45) is 0 Å². The van der Waals surface area contributed by atoms with Gasteiger partial charge in [-0.2, -0.15) is 26.6 Å². The molecule has 1 aromatic rings. The van der Waals surface area contributed by atoms with Crippen LogP contribution in [0.25, 0.3) is 0 Å². The highest BCUT2D eigenvalue weighted by molar-refractivity contribution is 7.98. The van der Waals surface area contributed by atoms with Gasteiger partial charge >= 0.3 is 21.7 Å². The predicted molar refractivity (Wildman–Crippen MR) is 89.8 cm³/mol. The Morgan fingerprint density at radius 2 is 1.85 bits per heavy atom. The fourth-order valence-corrected chi connectivity index (χ4v) is 2.98. The number of carbonyl (C=O) groups excluding carboxylic acids is 1. The molecule has 0 atom stereocenters. The summed E-state index contributed by atoms with van der Waals surface area (Å²) in [5.74, 6) is -0.675. The Bertz CT molecular complexity index is 838. The van der Waals surface area contributed by atoms with Gasteiger partial charge in [0.25, 0.3) is 0 Å². The minimum Gasteiger partial charge on any atom is -0.444 e. The van der Waals surface area contributed by atoms with E-state index in [-0.39, 0.29) is 35.9 Å². The molecule has 2 rings (SSSR count). The Morgan fingerprint density at radius 3 is 2.37 bits per heavy atom. The molecule has 1 aliphatic rings. The summed E-state index contributed by atoms with van der Waals surface area (Å²) in [6.07, 6.45) is 0.979. The fourth-order valence-electron chi connectivity index (χ4n) is 2.17. The number of aromatic nitrogens is 2. The van der Waals surface area contributed by atoms with E-state index in [1.165, 1.54) is 4.90 Å². The van der Waals surface area contributed by atoms with Gasteiger partial charge in [-0.3, -0.25) is 0 Å². The summed E-state index contributed by atoms with van der Waals surface area (Å²) < 4.78 is 70.1. The molecule has 0 saturated carbocycles. The largest absolute Gasteiger partial charge is 0.534 e. The van der Waals surface area contributed by atoms with Crippen molar-refractivity contribution in [3.05, 3.63) is 11.3 Å². The second kappa shape index (κ2) is 7.34. The number of carbonyl (C=O) groups is 1. The van der Waals surface area contributed by atoms with Crippen molar-refractivity contribution in [3.63, 3.8) is 0 Å². The molecule has 0 spiro atoms. The molecule has 0 fully saturated rings. The van der Waals surface area contributed by atoms with Crippen LogP contribution < -0.4 is 4.18 Å². The van der Waals surface area contributed by atoms with Gasteiger partial charge in [-0.25, -0.2) is 9.78 Å². The van der Waals surface area contributed by atoms with Crippen molar-refractivity contribution < 1.29 is 35.3 Å². The number of hydrogen-bond acceptors (Lipinski definition) is 8. The molecule has 27 heavy (non-hydrogen) atoms. The average Bonchev–Trinajstić information content (AvgIpc) is 2.51. The van der Waals surface area contributed by atoms with E-state index >= 15 is 0 Å². The van der Waals surface area contributed by atoms with Crippen LogP contribution in [0.1, 0.15) is 32.0 Å². The molecule has 1 aromatic heterocycles. The van der Waals surface area contributed by atoms with Crippen molar-refractivity contribution in [2.75, 3.05) is 12.8 Å². The highest BCUT2D eigenvalue weighted by atomic mass is 32.2. The fraction of sp³-hybridized carbons (Fsp3) is 0.643. The SMILES string of the molecule is CSc1nc2c(c(OS(=O)(=O)C(F)(F)F)n1)CCN(C(=O)OC(C)(C)C)C2. The molecule has 0 radical (unpaired) electrons. The molecular formula is C14H18F3N3O5S2. The van der Waals surface area contributed by atoms with Gasteiger partial charge < -0.3 is 13.8 Å². The third-order valence-electron chi connectivity index (χ3n) is 3.31. The molecule has 2 heterocycles. The zero-order valence-corrected chi connectivity index (χ0v) is 16.6. The van der Waals surface area contributed by atoms with Gasteiger partial charge in [-0.15, -0.1) is 0 Å². The molecule has 0 saturated heterocycles. The maximum atomic E-state index is 12.6. The van der Waals surface area contributed by atoms with Crippen LogP contribution in [-0.4, -0.2) is 53.3 Å². The van der Waals surface area contributed by atoms with E-state index in [0.717, 1.165) is 11.8 Å². The van der Waals surface area contributed by atoms with Crippen molar-refractivity contribution in [3.8, 4) is 5.88 Å². The summed E-state index contributed by atoms with van der Waals surface area (Å²) in [6, 6.07) is 0. The van der Waals surface area contributed by atoms with E-state index in [0.29, 0.717) is 0 Å². The number of thioether (sulfide) groups is 1. The number of rotatable bonds is 3. The van der Waals surface area contributed by atoms with E-state index in [4.69, 9.17) is 4.74 Å². The first-order valence-corrected chi connectivity index (χ1v) is 10.3. The Hall–Kier alpha value is -1.76. The molecule has 1 aliphatic heterocycles. The van der Waals surface area contributed by atoms with Crippen molar-refractivity contribution >= 4 is 28.0 Å². The average molecular weight is 429 g/mol. The van der Waals surface area contributed by atoms with Crippen LogP contribution in [0.2, 0.25) is 0 Å². The number of fused-ring (bicyclic) bond motifs is 1. The molecule has 1 amide bonds. The third kappa shape index (κ3) is 5.15. The van der Waals surface area contributed by atoms with Gasteiger partial charge in [0, 0.05) is 12.1 Å². The molecule has 0 bridgehead atoms. The first-order chi connectivity index (χ1) is 12.2. The van der Waals surface area contributed by atoms with Gasteiger partial charge in [0.2, 0.25) is 5.88 Å². The number of amides is 1. The number of alkyl halides is 3. The van der Waals surface area contributed by atoms with E-state index < -0.39 is 33.2 Å². The maximum Gasteiger partial charge on any atom is 0.534 e. The quantitative estimate of drug-likeness (QED) is 0.313. The first-order valence-electron chi connectivity index (χ1n) is 7.66. The van der Waals surface area contributed by atoms with E-state index in [1.54, 1.807) is 27.0 Å². The molecular weight excluding hydrogens is 411 g/mol. The van der Waals surface area contributed by atoms with Gasteiger partial charge in [0.1, 0.15) is 5.60 Å². The van der Waals surface area contributed by atoms with Gasteiger partial charge in [-0.05, 0) is 33.4 Å². The number of halogens is 3. The maximum absolute atomic E-state index is 12.6. The number of ether oxygens (including phenoxy) is 1. The molecule has 0 aromatic carbocycles. The first kappa shape index (κ1) is 21.5. The summed E-state index contributed by atoms with van der Waals surface area (Å²) in [4.78, 5) is 21.4. The van der Waals surface area contributed by atoms with Crippen LogP contribution in [-0.2, 0) is 27.8 Å². The van der Waals surface area contributed by atoms with Crippen LogP contribution in [0.15, 0.2) is 5.16 Å². The van der Waals surface area contributed by atoms with Gasteiger partial charge in [0.15, 0.2) is 5.16 Å². The normalized spacial score (nSPS) is 15.3.